The summed E-state index contributed by atoms with van der Waals surface area (Å²) >= 11 is 0. The molecule has 0 saturated carbocycles. The second-order valence-electron chi connectivity index (χ2n) is 2.43. The van der Waals surface area contributed by atoms with Gasteiger partial charge in [-0.2, -0.15) is 8.78 Å². The molecular weight excluding hydrogens is 214 g/mol. The molecule has 0 aliphatic heterocycles. The zero-order chi connectivity index (χ0) is 11.7. The Morgan fingerprint density at radius 1 is 1.27 bits per heavy atom. The van der Waals surface area contributed by atoms with Crippen molar-refractivity contribution in [3.8, 4) is 0 Å². The lowest BCUT2D eigenvalue weighted by molar-refractivity contribution is -0.250. The molecule has 0 aromatic heterocycles. The molecule has 15 heavy (non-hydrogen) atoms. The monoisotopic (exact) mass is 228 g/mol. The fourth-order valence-corrected chi connectivity index (χ4v) is 0.593. The first kappa shape index (κ1) is 14.1. The van der Waals surface area contributed by atoms with Gasteiger partial charge in [-0.15, -0.1) is 0 Å². The molecule has 0 bridgehead atoms. The number of ether oxygens (including phenoxy) is 4. The van der Waals surface area contributed by atoms with Gasteiger partial charge in [0, 0.05) is 7.11 Å². The largest absolute Gasteiger partial charge is 0.508 e. The molecular formula is C8H14F2O5. The molecule has 0 spiro atoms. The standard InChI is InChI=1S/C8H14F2O5/c1-3-14-7(11)15-5-4-13-6-8(9,10)12-2/h3-6H2,1-2H3. The highest BCUT2D eigenvalue weighted by Gasteiger charge is 2.28. The van der Waals surface area contributed by atoms with Crippen LogP contribution in [0, 0.1) is 0 Å². The van der Waals surface area contributed by atoms with E-state index in [1.807, 2.05) is 0 Å². The van der Waals surface area contributed by atoms with E-state index >= 15 is 0 Å². The van der Waals surface area contributed by atoms with Gasteiger partial charge in [0.05, 0.1) is 13.2 Å². The summed E-state index contributed by atoms with van der Waals surface area (Å²) in [4.78, 5) is 10.6. The van der Waals surface area contributed by atoms with Gasteiger partial charge >= 0.3 is 12.3 Å². The summed E-state index contributed by atoms with van der Waals surface area (Å²) < 4.78 is 42.0. The molecule has 7 heteroatoms. The third-order valence-electron chi connectivity index (χ3n) is 1.28. The van der Waals surface area contributed by atoms with Gasteiger partial charge in [0.2, 0.25) is 0 Å². The predicted octanol–water partition coefficient (Wildman–Crippen LogP) is 1.42. The van der Waals surface area contributed by atoms with E-state index in [1.165, 1.54) is 0 Å². The fraction of sp³-hybridized carbons (Fsp3) is 0.875. The van der Waals surface area contributed by atoms with Crippen LogP contribution in [-0.4, -0.2) is 45.8 Å². The highest BCUT2D eigenvalue weighted by Crippen LogP contribution is 2.13. The van der Waals surface area contributed by atoms with Crippen LogP contribution in [0.25, 0.3) is 0 Å². The Kier molecular flexibility index (Phi) is 6.89. The minimum Gasteiger partial charge on any atom is -0.435 e. The Morgan fingerprint density at radius 2 is 1.93 bits per heavy atom. The van der Waals surface area contributed by atoms with Crippen LogP contribution >= 0.6 is 0 Å². The molecule has 0 aliphatic rings. The van der Waals surface area contributed by atoms with Crippen molar-refractivity contribution in [2.45, 2.75) is 13.0 Å². The first-order chi connectivity index (χ1) is 7.02. The van der Waals surface area contributed by atoms with Gasteiger partial charge in [0.25, 0.3) is 0 Å². The Bertz CT molecular complexity index is 186. The maximum Gasteiger partial charge on any atom is 0.508 e. The van der Waals surface area contributed by atoms with Crippen molar-refractivity contribution >= 4 is 6.16 Å². The van der Waals surface area contributed by atoms with E-state index in [0.29, 0.717) is 0 Å². The van der Waals surface area contributed by atoms with Crippen molar-refractivity contribution in [1.29, 1.82) is 0 Å². The molecule has 0 saturated heterocycles. The molecule has 0 rings (SSSR count). The van der Waals surface area contributed by atoms with Crippen LogP contribution in [0.4, 0.5) is 13.6 Å². The molecule has 0 aromatic rings. The quantitative estimate of drug-likeness (QED) is 0.487. The van der Waals surface area contributed by atoms with Crippen LogP contribution in [-0.2, 0) is 18.9 Å². The normalized spacial score (nSPS) is 11.2. The van der Waals surface area contributed by atoms with Crippen LogP contribution in [0.15, 0.2) is 0 Å². The van der Waals surface area contributed by atoms with Crippen molar-refractivity contribution < 1.29 is 32.5 Å². The summed E-state index contributed by atoms with van der Waals surface area (Å²) in [6.45, 7) is 0.657. The van der Waals surface area contributed by atoms with Crippen molar-refractivity contribution in [3.05, 3.63) is 0 Å². The summed E-state index contributed by atoms with van der Waals surface area (Å²) in [5.74, 6) is 0. The summed E-state index contributed by atoms with van der Waals surface area (Å²) in [5, 5.41) is 0. The van der Waals surface area contributed by atoms with E-state index in [0.717, 1.165) is 7.11 Å². The van der Waals surface area contributed by atoms with E-state index < -0.39 is 18.9 Å². The number of carbonyl (C=O) groups is 1. The average molecular weight is 228 g/mol. The van der Waals surface area contributed by atoms with Gasteiger partial charge in [0.15, 0.2) is 0 Å². The van der Waals surface area contributed by atoms with Gasteiger partial charge in [-0.3, -0.25) is 0 Å². The Morgan fingerprint density at radius 3 is 2.47 bits per heavy atom. The van der Waals surface area contributed by atoms with E-state index in [-0.39, 0.29) is 19.8 Å². The van der Waals surface area contributed by atoms with Crippen molar-refractivity contribution in [2.75, 3.05) is 33.5 Å². The number of alkyl halides is 2. The predicted molar refractivity (Wildman–Crippen MR) is 45.7 cm³/mol. The fourth-order valence-electron chi connectivity index (χ4n) is 0.593. The Balaban J connectivity index is 3.36. The third-order valence-corrected chi connectivity index (χ3v) is 1.28. The van der Waals surface area contributed by atoms with Crippen molar-refractivity contribution in [1.82, 2.24) is 0 Å². The van der Waals surface area contributed by atoms with E-state index in [4.69, 9.17) is 0 Å². The first-order valence-electron chi connectivity index (χ1n) is 4.32. The first-order valence-corrected chi connectivity index (χ1v) is 4.32. The molecule has 0 fully saturated rings. The lowest BCUT2D eigenvalue weighted by atomic mass is 10.6. The molecule has 0 N–H and O–H groups in total. The number of halogens is 2. The summed E-state index contributed by atoms with van der Waals surface area (Å²) in [6, 6.07) is 0. The highest BCUT2D eigenvalue weighted by molar-refractivity contribution is 5.59. The van der Waals surface area contributed by atoms with Crippen LogP contribution in [0.5, 0.6) is 0 Å². The number of rotatable bonds is 7. The van der Waals surface area contributed by atoms with Crippen LogP contribution in [0.3, 0.4) is 0 Å². The number of hydrogen-bond acceptors (Lipinski definition) is 5. The third kappa shape index (κ3) is 8.07. The zero-order valence-electron chi connectivity index (χ0n) is 8.63. The second-order valence-corrected chi connectivity index (χ2v) is 2.43. The second kappa shape index (κ2) is 7.36. The van der Waals surface area contributed by atoms with Crippen LogP contribution in [0.2, 0.25) is 0 Å². The van der Waals surface area contributed by atoms with Gasteiger partial charge in [-0.25, -0.2) is 4.79 Å². The minimum atomic E-state index is -3.32. The molecule has 0 amide bonds. The zero-order valence-corrected chi connectivity index (χ0v) is 8.63. The van der Waals surface area contributed by atoms with Gasteiger partial charge in [0.1, 0.15) is 13.2 Å². The Labute approximate surface area is 86.2 Å². The maximum atomic E-state index is 12.4. The summed E-state index contributed by atoms with van der Waals surface area (Å²) in [5.41, 5.74) is 0. The Hall–Kier alpha value is -0.950. The number of carbonyl (C=O) groups excluding carboxylic acids is 1. The van der Waals surface area contributed by atoms with Crippen LogP contribution in [0.1, 0.15) is 6.92 Å². The topological polar surface area (TPSA) is 54.0 Å². The molecule has 0 radical (unpaired) electrons. The molecule has 0 aliphatic carbocycles. The summed E-state index contributed by atoms with van der Waals surface area (Å²) in [7, 11) is 0.873. The highest BCUT2D eigenvalue weighted by atomic mass is 19.3. The van der Waals surface area contributed by atoms with Crippen molar-refractivity contribution in [3.63, 3.8) is 0 Å². The van der Waals surface area contributed by atoms with Gasteiger partial charge < -0.3 is 18.9 Å². The molecule has 0 unspecified atom stereocenters. The molecule has 0 aromatic carbocycles. The smallest absolute Gasteiger partial charge is 0.435 e. The SMILES string of the molecule is CCOC(=O)OCCOCC(F)(F)OC. The van der Waals surface area contributed by atoms with E-state index in [9.17, 15) is 13.6 Å². The molecule has 0 atom stereocenters. The van der Waals surface area contributed by atoms with Gasteiger partial charge in [-0.05, 0) is 6.92 Å². The van der Waals surface area contributed by atoms with Crippen LogP contribution < -0.4 is 0 Å². The maximum absolute atomic E-state index is 12.4. The van der Waals surface area contributed by atoms with Crippen molar-refractivity contribution in [2.24, 2.45) is 0 Å². The number of hydrogen-bond donors (Lipinski definition) is 0. The molecule has 5 nitrogen and oxygen atoms in total. The van der Waals surface area contributed by atoms with E-state index in [1.54, 1.807) is 6.92 Å². The average Bonchev–Trinajstić information content (AvgIpc) is 2.17. The summed E-state index contributed by atoms with van der Waals surface area (Å²) in [6.07, 6.45) is -4.16. The molecule has 90 valence electrons. The lowest BCUT2D eigenvalue weighted by Crippen LogP contribution is -2.26. The minimum absolute atomic E-state index is 0.140. The lowest BCUT2D eigenvalue weighted by Gasteiger charge is -2.13. The molecule has 0 heterocycles. The van der Waals surface area contributed by atoms with E-state index in [2.05, 4.69) is 18.9 Å². The number of methoxy groups -OCH3 is 1. The van der Waals surface area contributed by atoms with Gasteiger partial charge in [-0.1, -0.05) is 0 Å².